The number of carbonyl (C=O) groups excluding carboxylic acids is 1. The summed E-state index contributed by atoms with van der Waals surface area (Å²) in [6.07, 6.45) is 0. The number of halogens is 3. The molecule has 1 nitrogen and oxygen atoms in total. The Labute approximate surface area is 93.2 Å². The molecule has 0 aliphatic heterocycles. The van der Waals surface area contributed by atoms with Crippen molar-refractivity contribution in [2.45, 2.75) is 0 Å². The average molecular weight is 242 g/mol. The Morgan fingerprint density at radius 3 is 2.25 bits per heavy atom. The Morgan fingerprint density at radius 1 is 1.12 bits per heavy atom. The van der Waals surface area contributed by atoms with Crippen molar-refractivity contribution in [1.82, 2.24) is 0 Å². The summed E-state index contributed by atoms with van der Waals surface area (Å²) in [5, 5.41) is 1.67. The molecule has 0 N–H and O–H groups in total. The Balaban J connectivity index is 2.46. The molecular weight excluding hydrogens is 237 g/mol. The van der Waals surface area contributed by atoms with Crippen LogP contribution < -0.4 is 0 Å². The third kappa shape index (κ3) is 1.86. The van der Waals surface area contributed by atoms with Gasteiger partial charge in [0.05, 0.1) is 4.88 Å². The van der Waals surface area contributed by atoms with Gasteiger partial charge in [0.15, 0.2) is 17.5 Å². The van der Waals surface area contributed by atoms with Crippen LogP contribution in [0.15, 0.2) is 29.6 Å². The minimum Gasteiger partial charge on any atom is -0.288 e. The van der Waals surface area contributed by atoms with Gasteiger partial charge < -0.3 is 0 Å². The van der Waals surface area contributed by atoms with Crippen LogP contribution in [0.1, 0.15) is 15.2 Å². The minimum atomic E-state index is -1.57. The van der Waals surface area contributed by atoms with E-state index in [9.17, 15) is 18.0 Å². The number of ketones is 1. The van der Waals surface area contributed by atoms with Crippen molar-refractivity contribution in [3.8, 4) is 0 Å². The average Bonchev–Trinajstić information content (AvgIpc) is 2.77. The van der Waals surface area contributed by atoms with E-state index in [0.29, 0.717) is 17.0 Å². The van der Waals surface area contributed by atoms with Gasteiger partial charge in [-0.05, 0) is 23.6 Å². The molecule has 0 spiro atoms. The van der Waals surface area contributed by atoms with Gasteiger partial charge in [0.1, 0.15) is 0 Å². The van der Waals surface area contributed by atoms with Gasteiger partial charge in [-0.2, -0.15) is 0 Å². The fraction of sp³-hybridized carbons (Fsp3) is 0. The molecule has 0 unspecified atom stereocenters. The summed E-state index contributed by atoms with van der Waals surface area (Å²) in [6, 6.07) is 4.57. The SMILES string of the molecule is O=C(c1cc(F)c(F)c(F)c1)c1cccs1. The highest BCUT2D eigenvalue weighted by Crippen LogP contribution is 2.19. The molecule has 0 fully saturated rings. The zero-order valence-electron chi connectivity index (χ0n) is 7.84. The van der Waals surface area contributed by atoms with Crippen molar-refractivity contribution < 1.29 is 18.0 Å². The molecule has 2 rings (SSSR count). The first kappa shape index (κ1) is 10.9. The van der Waals surface area contributed by atoms with Gasteiger partial charge in [-0.15, -0.1) is 11.3 Å². The van der Waals surface area contributed by atoms with E-state index in [4.69, 9.17) is 0 Å². The van der Waals surface area contributed by atoms with E-state index in [1.807, 2.05) is 0 Å². The lowest BCUT2D eigenvalue weighted by Gasteiger charge is -2.00. The van der Waals surface area contributed by atoms with Gasteiger partial charge in [-0.3, -0.25) is 4.79 Å². The van der Waals surface area contributed by atoms with Gasteiger partial charge >= 0.3 is 0 Å². The summed E-state index contributed by atoms with van der Waals surface area (Å²) in [4.78, 5) is 12.0. The highest BCUT2D eigenvalue weighted by molar-refractivity contribution is 7.12. The van der Waals surface area contributed by atoms with Crippen LogP contribution in [0.3, 0.4) is 0 Å². The van der Waals surface area contributed by atoms with Gasteiger partial charge in [0, 0.05) is 5.56 Å². The quantitative estimate of drug-likeness (QED) is 0.582. The molecule has 1 aromatic carbocycles. The molecule has 0 amide bonds. The zero-order valence-corrected chi connectivity index (χ0v) is 8.65. The van der Waals surface area contributed by atoms with E-state index >= 15 is 0 Å². The van der Waals surface area contributed by atoms with Crippen LogP contribution in [0.25, 0.3) is 0 Å². The predicted octanol–water partition coefficient (Wildman–Crippen LogP) is 3.40. The first-order chi connectivity index (χ1) is 7.59. The molecule has 0 saturated heterocycles. The molecule has 0 saturated carbocycles. The lowest BCUT2D eigenvalue weighted by atomic mass is 10.1. The molecule has 1 heterocycles. The topological polar surface area (TPSA) is 17.1 Å². The van der Waals surface area contributed by atoms with Crippen LogP contribution in [0.2, 0.25) is 0 Å². The summed E-state index contributed by atoms with van der Waals surface area (Å²) in [7, 11) is 0. The third-order valence-electron chi connectivity index (χ3n) is 1.99. The molecule has 1 aromatic heterocycles. The first-order valence-electron chi connectivity index (χ1n) is 4.32. The van der Waals surface area contributed by atoms with Crippen LogP contribution in [0, 0.1) is 17.5 Å². The Morgan fingerprint density at radius 2 is 1.75 bits per heavy atom. The molecule has 0 aliphatic carbocycles. The summed E-state index contributed by atoms with van der Waals surface area (Å²) >= 11 is 1.15. The number of hydrogen-bond acceptors (Lipinski definition) is 2. The predicted molar refractivity (Wildman–Crippen MR) is 54.1 cm³/mol. The molecule has 82 valence electrons. The van der Waals surface area contributed by atoms with Crippen LogP contribution >= 0.6 is 11.3 Å². The second-order valence-electron chi connectivity index (χ2n) is 3.06. The Bertz CT molecular complexity index is 511. The Kier molecular flexibility index (Phi) is 2.78. The molecule has 0 bridgehead atoms. The molecule has 5 heteroatoms. The highest BCUT2D eigenvalue weighted by atomic mass is 32.1. The lowest BCUT2D eigenvalue weighted by molar-refractivity contribution is 0.104. The minimum absolute atomic E-state index is 0.196. The van der Waals surface area contributed by atoms with Crippen LogP contribution in [-0.4, -0.2) is 5.78 Å². The smallest absolute Gasteiger partial charge is 0.203 e. The number of rotatable bonds is 2. The largest absolute Gasteiger partial charge is 0.288 e. The maximum atomic E-state index is 12.9. The molecule has 2 aromatic rings. The van der Waals surface area contributed by atoms with E-state index in [1.54, 1.807) is 11.4 Å². The van der Waals surface area contributed by atoms with Gasteiger partial charge in [0.25, 0.3) is 0 Å². The fourth-order valence-electron chi connectivity index (χ4n) is 1.24. The van der Waals surface area contributed by atoms with E-state index in [2.05, 4.69) is 0 Å². The molecular formula is C11H5F3OS. The maximum Gasteiger partial charge on any atom is 0.203 e. The zero-order chi connectivity index (χ0) is 11.7. The number of carbonyl (C=O) groups is 1. The van der Waals surface area contributed by atoms with E-state index in [1.165, 1.54) is 6.07 Å². The van der Waals surface area contributed by atoms with Crippen molar-refractivity contribution in [1.29, 1.82) is 0 Å². The molecule has 16 heavy (non-hydrogen) atoms. The van der Waals surface area contributed by atoms with Gasteiger partial charge in [0.2, 0.25) is 5.78 Å². The standard InChI is InChI=1S/C11H5F3OS/c12-7-4-6(5-8(13)10(7)14)11(15)9-2-1-3-16-9/h1-5H. The summed E-state index contributed by atoms with van der Waals surface area (Å²) in [6.45, 7) is 0. The van der Waals surface area contributed by atoms with E-state index < -0.39 is 23.2 Å². The molecule has 0 radical (unpaired) electrons. The van der Waals surface area contributed by atoms with E-state index in [0.717, 1.165) is 11.3 Å². The Hall–Kier alpha value is -1.62. The summed E-state index contributed by atoms with van der Waals surface area (Å²) in [5.41, 5.74) is -0.196. The van der Waals surface area contributed by atoms with Crippen molar-refractivity contribution in [3.05, 3.63) is 57.5 Å². The summed E-state index contributed by atoms with van der Waals surface area (Å²) < 4.78 is 38.4. The highest BCUT2D eigenvalue weighted by Gasteiger charge is 2.16. The van der Waals surface area contributed by atoms with Crippen LogP contribution in [0.4, 0.5) is 13.2 Å². The first-order valence-corrected chi connectivity index (χ1v) is 5.20. The number of hydrogen-bond donors (Lipinski definition) is 0. The summed E-state index contributed by atoms with van der Waals surface area (Å²) in [5.74, 6) is -4.81. The number of thiophene rings is 1. The normalized spacial score (nSPS) is 10.4. The van der Waals surface area contributed by atoms with Crippen LogP contribution in [0.5, 0.6) is 0 Å². The second-order valence-corrected chi connectivity index (χ2v) is 4.01. The van der Waals surface area contributed by atoms with Crippen molar-refractivity contribution >= 4 is 17.1 Å². The molecule has 0 atom stereocenters. The maximum absolute atomic E-state index is 12.9. The lowest BCUT2D eigenvalue weighted by Crippen LogP contribution is -2.02. The van der Waals surface area contributed by atoms with Crippen molar-refractivity contribution in [3.63, 3.8) is 0 Å². The fourth-order valence-corrected chi connectivity index (χ4v) is 1.92. The van der Waals surface area contributed by atoms with E-state index in [-0.39, 0.29) is 5.56 Å². The van der Waals surface area contributed by atoms with Crippen molar-refractivity contribution in [2.75, 3.05) is 0 Å². The van der Waals surface area contributed by atoms with Gasteiger partial charge in [-0.25, -0.2) is 13.2 Å². The molecule has 0 aliphatic rings. The second kappa shape index (κ2) is 4.09. The third-order valence-corrected chi connectivity index (χ3v) is 2.86. The van der Waals surface area contributed by atoms with Gasteiger partial charge in [-0.1, -0.05) is 6.07 Å². The number of benzene rings is 1. The van der Waals surface area contributed by atoms with Crippen LogP contribution in [-0.2, 0) is 0 Å². The monoisotopic (exact) mass is 242 g/mol. The van der Waals surface area contributed by atoms with Crippen molar-refractivity contribution in [2.24, 2.45) is 0 Å².